The summed E-state index contributed by atoms with van der Waals surface area (Å²) in [6.07, 6.45) is 4.87. The molecular weight excluding hydrogens is 622 g/mol. The maximum Gasteiger partial charge on any atom is 0.303 e. The van der Waals surface area contributed by atoms with Crippen LogP contribution in [0.2, 0.25) is 0 Å². The van der Waals surface area contributed by atoms with Crippen molar-refractivity contribution in [2.75, 3.05) is 13.7 Å². The van der Waals surface area contributed by atoms with Gasteiger partial charge in [-0.15, -0.1) is 0 Å². The summed E-state index contributed by atoms with van der Waals surface area (Å²) in [5, 5.41) is 2.64. The monoisotopic (exact) mass is 669 g/mol. The molecular formula is C36H47NO11. The fourth-order valence-corrected chi connectivity index (χ4v) is 5.04. The second-order valence-corrected chi connectivity index (χ2v) is 11.5. The van der Waals surface area contributed by atoms with Gasteiger partial charge in [0.2, 0.25) is 5.91 Å². The summed E-state index contributed by atoms with van der Waals surface area (Å²) >= 11 is 0. The molecule has 0 radical (unpaired) electrons. The number of carbonyl (C=O) groups excluding carboxylic acids is 5. The van der Waals surface area contributed by atoms with Gasteiger partial charge in [-0.2, -0.15) is 0 Å². The molecule has 5 atom stereocenters. The van der Waals surface area contributed by atoms with Gasteiger partial charge >= 0.3 is 23.9 Å². The molecule has 1 N–H and O–H groups in total. The molecule has 1 heterocycles. The summed E-state index contributed by atoms with van der Waals surface area (Å²) in [6, 6.07) is 2.03. The first kappa shape index (κ1) is 39.5. The standard InChI is InChI=1S/C36H47NO11/c1-20(14-16-29-22(3)18-30(43-10)24(5)23(29)4)12-11-13-21(2)15-17-32(42)37-36-35(47-28(9)41)34(46-27(8)40)33(45-26(7)39)31(48-36)19-44-25(6)38/h11-16,18,31,33-36H,17,19H2,1-10H3,(H,37,42)/b13-11+,16-14+,20-12+,21-15+/t31-,33-,34+,35-,36?/m1/s1. The number of benzene rings is 1. The van der Waals surface area contributed by atoms with E-state index in [1.807, 2.05) is 58.1 Å². The van der Waals surface area contributed by atoms with E-state index in [1.54, 1.807) is 13.2 Å². The van der Waals surface area contributed by atoms with Crippen LogP contribution in [0.5, 0.6) is 5.75 Å². The van der Waals surface area contributed by atoms with Crippen LogP contribution in [0.25, 0.3) is 6.08 Å². The molecule has 1 unspecified atom stereocenters. The van der Waals surface area contributed by atoms with Crippen LogP contribution in [-0.2, 0) is 47.7 Å². The van der Waals surface area contributed by atoms with Gasteiger partial charge in [0.15, 0.2) is 24.5 Å². The average Bonchev–Trinajstić information content (AvgIpc) is 2.99. The van der Waals surface area contributed by atoms with E-state index in [-0.39, 0.29) is 6.42 Å². The first-order chi connectivity index (χ1) is 22.5. The number of ether oxygens (including phenoxy) is 6. The second-order valence-electron chi connectivity index (χ2n) is 11.5. The number of amides is 1. The SMILES string of the molecule is COc1cc(C)c(/C=C/C(C)=C/C=C/C(C)=C/CC(=O)NC2O[C@H](COC(C)=O)[C@@H](OC(C)=O)[C@H](OC(C)=O)[C@H]2OC(C)=O)c(C)c1C. The largest absolute Gasteiger partial charge is 0.496 e. The van der Waals surface area contributed by atoms with Crippen molar-refractivity contribution in [2.24, 2.45) is 0 Å². The Morgan fingerprint density at radius 2 is 1.40 bits per heavy atom. The molecule has 1 amide bonds. The van der Waals surface area contributed by atoms with E-state index < -0.39 is 67.0 Å². The Morgan fingerprint density at radius 3 is 1.98 bits per heavy atom. The lowest BCUT2D eigenvalue weighted by molar-refractivity contribution is -0.256. The lowest BCUT2D eigenvalue weighted by atomic mass is 9.96. The zero-order chi connectivity index (χ0) is 36.1. The molecule has 1 fully saturated rings. The molecule has 0 aromatic heterocycles. The second kappa shape index (κ2) is 18.6. The summed E-state index contributed by atoms with van der Waals surface area (Å²) in [5.74, 6) is -2.55. The highest BCUT2D eigenvalue weighted by molar-refractivity contribution is 5.78. The smallest absolute Gasteiger partial charge is 0.303 e. The zero-order valence-electron chi connectivity index (χ0n) is 29.3. The Labute approximate surface area is 282 Å². The van der Waals surface area contributed by atoms with Gasteiger partial charge in [0.1, 0.15) is 18.5 Å². The topological polar surface area (TPSA) is 153 Å². The minimum Gasteiger partial charge on any atom is -0.496 e. The van der Waals surface area contributed by atoms with E-state index in [0.717, 1.165) is 59.9 Å². The molecule has 12 heteroatoms. The Hall–Kier alpha value is -4.71. The number of esters is 4. The van der Waals surface area contributed by atoms with Crippen LogP contribution in [-0.4, -0.2) is 74.1 Å². The zero-order valence-corrected chi connectivity index (χ0v) is 29.3. The number of methoxy groups -OCH3 is 1. The van der Waals surface area contributed by atoms with Crippen molar-refractivity contribution >= 4 is 35.9 Å². The molecule has 1 aromatic carbocycles. The molecule has 0 saturated carbocycles. The van der Waals surface area contributed by atoms with Crippen molar-refractivity contribution in [1.82, 2.24) is 5.32 Å². The lowest BCUT2D eigenvalue weighted by Gasteiger charge is -2.44. The fourth-order valence-electron chi connectivity index (χ4n) is 5.04. The van der Waals surface area contributed by atoms with Crippen LogP contribution in [0.1, 0.15) is 70.2 Å². The Kier molecular flexibility index (Phi) is 15.3. The van der Waals surface area contributed by atoms with E-state index in [1.165, 1.54) is 6.92 Å². The van der Waals surface area contributed by atoms with Gasteiger partial charge in [-0.3, -0.25) is 24.0 Å². The number of rotatable bonds is 13. The predicted octanol–water partition coefficient (Wildman–Crippen LogP) is 4.67. The summed E-state index contributed by atoms with van der Waals surface area (Å²) in [4.78, 5) is 60.4. The molecule has 1 aliphatic heterocycles. The third kappa shape index (κ3) is 12.1. The molecule has 12 nitrogen and oxygen atoms in total. The van der Waals surface area contributed by atoms with Crippen LogP contribution < -0.4 is 10.1 Å². The molecule has 1 aliphatic rings. The van der Waals surface area contributed by atoms with Crippen LogP contribution in [0, 0.1) is 20.8 Å². The highest BCUT2D eigenvalue weighted by Gasteiger charge is 2.52. The maximum atomic E-state index is 13.0. The van der Waals surface area contributed by atoms with Crippen LogP contribution in [0.4, 0.5) is 0 Å². The fraction of sp³-hybridized carbons (Fsp3) is 0.472. The number of hydrogen-bond donors (Lipinski definition) is 1. The van der Waals surface area contributed by atoms with E-state index in [4.69, 9.17) is 28.4 Å². The summed E-state index contributed by atoms with van der Waals surface area (Å²) in [6.45, 7) is 14.1. The van der Waals surface area contributed by atoms with Crippen molar-refractivity contribution in [3.63, 3.8) is 0 Å². The van der Waals surface area contributed by atoms with Gasteiger partial charge in [0.05, 0.1) is 7.11 Å². The Morgan fingerprint density at radius 1 is 0.792 bits per heavy atom. The van der Waals surface area contributed by atoms with Gasteiger partial charge < -0.3 is 33.7 Å². The molecule has 2 rings (SSSR count). The van der Waals surface area contributed by atoms with Crippen molar-refractivity contribution in [3.05, 3.63) is 69.8 Å². The minimum atomic E-state index is -1.38. The van der Waals surface area contributed by atoms with E-state index in [9.17, 15) is 24.0 Å². The molecule has 262 valence electrons. The first-order valence-corrected chi connectivity index (χ1v) is 15.5. The van der Waals surface area contributed by atoms with Gasteiger partial charge in [-0.1, -0.05) is 47.6 Å². The van der Waals surface area contributed by atoms with Crippen molar-refractivity contribution in [1.29, 1.82) is 0 Å². The molecule has 0 spiro atoms. The normalized spacial score (nSPS) is 21.5. The van der Waals surface area contributed by atoms with E-state index in [2.05, 4.69) is 18.3 Å². The number of carbonyl (C=O) groups is 5. The Balaban J connectivity index is 2.19. The number of hydrogen-bond acceptors (Lipinski definition) is 11. The van der Waals surface area contributed by atoms with Crippen LogP contribution in [0.3, 0.4) is 0 Å². The van der Waals surface area contributed by atoms with Crippen LogP contribution >= 0.6 is 0 Å². The van der Waals surface area contributed by atoms with Crippen molar-refractivity contribution in [2.45, 2.75) is 99.4 Å². The first-order valence-electron chi connectivity index (χ1n) is 15.5. The third-order valence-corrected chi connectivity index (χ3v) is 7.46. The highest BCUT2D eigenvalue weighted by atomic mass is 16.7. The summed E-state index contributed by atoms with van der Waals surface area (Å²) in [5.41, 5.74) is 6.35. The van der Waals surface area contributed by atoms with Gasteiger partial charge in [0, 0.05) is 34.1 Å². The predicted molar refractivity (Wildman–Crippen MR) is 178 cm³/mol. The number of allylic oxidation sites excluding steroid dienone is 6. The average molecular weight is 670 g/mol. The highest BCUT2D eigenvalue weighted by Crippen LogP contribution is 2.30. The molecule has 1 saturated heterocycles. The Bertz CT molecular complexity index is 1490. The van der Waals surface area contributed by atoms with Crippen molar-refractivity contribution < 1.29 is 52.4 Å². The van der Waals surface area contributed by atoms with Crippen molar-refractivity contribution in [3.8, 4) is 5.75 Å². The van der Waals surface area contributed by atoms with Gasteiger partial charge in [-0.25, -0.2) is 0 Å². The third-order valence-electron chi connectivity index (χ3n) is 7.46. The number of nitrogens with one attached hydrogen (secondary N) is 1. The van der Waals surface area contributed by atoms with E-state index >= 15 is 0 Å². The quantitative estimate of drug-likeness (QED) is 0.177. The van der Waals surface area contributed by atoms with Crippen LogP contribution in [0.15, 0.2) is 47.6 Å². The summed E-state index contributed by atoms with van der Waals surface area (Å²) in [7, 11) is 1.67. The molecule has 1 aromatic rings. The molecule has 48 heavy (non-hydrogen) atoms. The van der Waals surface area contributed by atoms with Gasteiger partial charge in [-0.05, 0) is 62.9 Å². The lowest BCUT2D eigenvalue weighted by Crippen LogP contribution is -2.66. The number of aryl methyl sites for hydroxylation is 1. The maximum absolute atomic E-state index is 13.0. The molecule has 0 aliphatic carbocycles. The molecule has 0 bridgehead atoms. The summed E-state index contributed by atoms with van der Waals surface area (Å²) < 4.78 is 32.6. The minimum absolute atomic E-state index is 0.0684. The van der Waals surface area contributed by atoms with Gasteiger partial charge in [0.25, 0.3) is 0 Å². The van der Waals surface area contributed by atoms with E-state index in [0.29, 0.717) is 0 Å².